The van der Waals surface area contributed by atoms with Gasteiger partial charge in [0.2, 0.25) is 5.91 Å². The van der Waals surface area contributed by atoms with Crippen molar-refractivity contribution < 1.29 is 13.9 Å². The van der Waals surface area contributed by atoms with Crippen LogP contribution in [0.3, 0.4) is 0 Å². The Balaban J connectivity index is 1.68. The van der Waals surface area contributed by atoms with Crippen LogP contribution in [0.4, 0.5) is 0 Å². The largest absolute Gasteiger partial charge is 0.463 e. The number of fused-ring (bicyclic) bond motifs is 3. The van der Waals surface area contributed by atoms with Gasteiger partial charge in [0.25, 0.3) is 0 Å². The number of hydrogen-bond acceptors (Lipinski definition) is 6. The van der Waals surface area contributed by atoms with E-state index in [1.54, 1.807) is 6.26 Å². The molecule has 0 N–H and O–H groups in total. The number of carbonyl (C=O) groups excluding carboxylic acids is 1. The van der Waals surface area contributed by atoms with Crippen LogP contribution in [0, 0.1) is 0 Å². The van der Waals surface area contributed by atoms with Gasteiger partial charge in [-0.2, -0.15) is 0 Å². The van der Waals surface area contributed by atoms with Crippen LogP contribution in [0.5, 0.6) is 0 Å². The van der Waals surface area contributed by atoms with Crippen molar-refractivity contribution in [2.24, 2.45) is 0 Å². The Morgan fingerprint density at radius 3 is 2.81 bits per heavy atom. The highest BCUT2D eigenvalue weighted by atomic mass is 32.2. The number of amides is 1. The van der Waals surface area contributed by atoms with Crippen LogP contribution >= 0.6 is 11.8 Å². The van der Waals surface area contributed by atoms with E-state index < -0.39 is 0 Å². The molecule has 1 atom stereocenters. The second kappa shape index (κ2) is 7.28. The zero-order valence-corrected chi connectivity index (χ0v) is 15.8. The molecular formula is C18H22N4O3S. The molecule has 4 heterocycles. The fourth-order valence-corrected chi connectivity index (χ4v) is 4.35. The minimum atomic E-state index is -0.181. The van der Waals surface area contributed by atoms with Crippen LogP contribution in [0.2, 0.25) is 0 Å². The van der Waals surface area contributed by atoms with E-state index in [2.05, 4.69) is 21.5 Å². The molecule has 0 aromatic carbocycles. The Morgan fingerprint density at radius 2 is 2.08 bits per heavy atom. The molecule has 0 radical (unpaired) electrons. The zero-order valence-electron chi connectivity index (χ0n) is 15.0. The molecule has 0 bridgehead atoms. The van der Waals surface area contributed by atoms with Crippen LogP contribution < -0.4 is 0 Å². The first-order chi connectivity index (χ1) is 12.7. The molecule has 3 aromatic heterocycles. The lowest BCUT2D eigenvalue weighted by molar-refractivity contribution is -0.134. The first kappa shape index (κ1) is 17.4. The molecule has 7 nitrogen and oxygen atoms in total. The number of ether oxygens (including phenoxy) is 1. The van der Waals surface area contributed by atoms with Crippen LogP contribution in [-0.2, 0) is 16.0 Å². The van der Waals surface area contributed by atoms with Crippen molar-refractivity contribution in [2.75, 3.05) is 26.3 Å². The van der Waals surface area contributed by atoms with Gasteiger partial charge in [-0.1, -0.05) is 25.6 Å². The molecular weight excluding hydrogens is 352 g/mol. The highest BCUT2D eigenvalue weighted by molar-refractivity contribution is 8.00. The molecule has 1 amide bonds. The number of furan rings is 1. The number of hydrogen-bond donors (Lipinski definition) is 0. The summed E-state index contributed by atoms with van der Waals surface area (Å²) < 4.78 is 13.0. The molecule has 3 aromatic rings. The summed E-state index contributed by atoms with van der Waals surface area (Å²) in [6, 6.07) is 3.92. The van der Waals surface area contributed by atoms with Crippen molar-refractivity contribution >= 4 is 34.3 Å². The third-order valence-electron chi connectivity index (χ3n) is 4.70. The van der Waals surface area contributed by atoms with E-state index in [0.29, 0.717) is 26.3 Å². The summed E-state index contributed by atoms with van der Waals surface area (Å²) in [5.41, 5.74) is 2.74. The lowest BCUT2D eigenvalue weighted by atomic mass is 10.2. The van der Waals surface area contributed by atoms with Crippen molar-refractivity contribution in [2.45, 2.75) is 37.0 Å². The van der Waals surface area contributed by atoms with Crippen LogP contribution in [0.15, 0.2) is 27.8 Å². The molecule has 0 spiro atoms. The van der Waals surface area contributed by atoms with Gasteiger partial charge in [0.05, 0.1) is 35.8 Å². The van der Waals surface area contributed by atoms with E-state index in [-0.39, 0.29) is 11.2 Å². The lowest BCUT2D eigenvalue weighted by Crippen LogP contribution is -2.44. The molecule has 4 rings (SSSR count). The molecule has 1 aliphatic rings. The minimum Gasteiger partial charge on any atom is -0.463 e. The van der Waals surface area contributed by atoms with Gasteiger partial charge in [-0.05, 0) is 6.42 Å². The predicted octanol–water partition coefficient (Wildman–Crippen LogP) is 2.77. The van der Waals surface area contributed by atoms with E-state index in [1.165, 1.54) is 11.8 Å². The van der Waals surface area contributed by atoms with Crippen molar-refractivity contribution in [3.05, 3.63) is 24.2 Å². The molecule has 8 heteroatoms. The second-order valence-corrected chi connectivity index (χ2v) is 7.45. The quantitative estimate of drug-likeness (QED) is 0.640. The molecule has 1 fully saturated rings. The zero-order chi connectivity index (χ0) is 18.1. The number of nitrogens with zero attached hydrogens (tertiary/aromatic N) is 4. The van der Waals surface area contributed by atoms with Gasteiger partial charge in [-0.15, -0.1) is 10.2 Å². The van der Waals surface area contributed by atoms with E-state index in [4.69, 9.17) is 9.15 Å². The lowest BCUT2D eigenvalue weighted by Gasteiger charge is -2.29. The van der Waals surface area contributed by atoms with Crippen molar-refractivity contribution in [1.82, 2.24) is 19.5 Å². The highest BCUT2D eigenvalue weighted by Crippen LogP contribution is 2.32. The molecule has 138 valence electrons. The Labute approximate surface area is 155 Å². The maximum absolute atomic E-state index is 12.9. The minimum absolute atomic E-state index is 0.149. The Morgan fingerprint density at radius 1 is 1.27 bits per heavy atom. The summed E-state index contributed by atoms with van der Waals surface area (Å²) in [6.45, 7) is 6.62. The smallest absolute Gasteiger partial charge is 0.236 e. The Bertz CT molecular complexity index is 929. The maximum atomic E-state index is 12.9. The van der Waals surface area contributed by atoms with Crippen molar-refractivity contribution in [1.29, 1.82) is 0 Å². The first-order valence-electron chi connectivity index (χ1n) is 9.00. The highest BCUT2D eigenvalue weighted by Gasteiger charge is 2.27. The van der Waals surface area contributed by atoms with Gasteiger partial charge in [0.1, 0.15) is 10.9 Å². The number of carbonyl (C=O) groups is 1. The SMILES string of the molecule is CCc1nnc(SC(CC)C(=O)N2CCOCC2)c2cc3occc3n12. The van der Waals surface area contributed by atoms with Crippen LogP contribution in [0.25, 0.3) is 16.6 Å². The van der Waals surface area contributed by atoms with Gasteiger partial charge >= 0.3 is 0 Å². The number of rotatable bonds is 5. The summed E-state index contributed by atoms with van der Waals surface area (Å²) in [5, 5.41) is 9.40. The Hall–Kier alpha value is -2.06. The fraction of sp³-hybridized carbons (Fsp3) is 0.500. The monoisotopic (exact) mass is 374 g/mol. The summed E-state index contributed by atoms with van der Waals surface area (Å²) in [5.74, 6) is 1.03. The van der Waals surface area contributed by atoms with Gasteiger partial charge in [0.15, 0.2) is 5.58 Å². The summed E-state index contributed by atoms with van der Waals surface area (Å²) >= 11 is 1.49. The van der Waals surface area contributed by atoms with Gasteiger partial charge in [-0.3, -0.25) is 9.20 Å². The molecule has 1 saturated heterocycles. The van der Waals surface area contributed by atoms with E-state index in [0.717, 1.165) is 40.3 Å². The van der Waals surface area contributed by atoms with E-state index >= 15 is 0 Å². The standard InChI is InChI=1S/C18H22N4O3S/c1-3-15(18(23)21-6-9-24-10-7-21)26-17-13-11-14-12(5-8-25-14)22(13)16(4-2)19-20-17/h5,8,11,15H,3-4,6-7,9-10H2,1-2H3. The molecule has 1 unspecified atom stereocenters. The number of morpholine rings is 1. The second-order valence-electron chi connectivity index (χ2n) is 6.26. The summed E-state index contributed by atoms with van der Waals surface area (Å²) in [6.07, 6.45) is 3.19. The Kier molecular flexibility index (Phi) is 4.86. The average Bonchev–Trinajstić information content (AvgIpc) is 3.28. The summed E-state index contributed by atoms with van der Waals surface area (Å²) in [4.78, 5) is 14.8. The molecule has 1 aliphatic heterocycles. The summed E-state index contributed by atoms with van der Waals surface area (Å²) in [7, 11) is 0. The van der Waals surface area contributed by atoms with Gasteiger partial charge < -0.3 is 14.1 Å². The van der Waals surface area contributed by atoms with Gasteiger partial charge in [0, 0.05) is 31.6 Å². The molecule has 0 aliphatic carbocycles. The fourth-order valence-electron chi connectivity index (χ4n) is 3.30. The van der Waals surface area contributed by atoms with Crippen molar-refractivity contribution in [3.8, 4) is 0 Å². The van der Waals surface area contributed by atoms with Gasteiger partial charge in [-0.25, -0.2) is 0 Å². The normalized spacial score (nSPS) is 16.5. The van der Waals surface area contributed by atoms with E-state index in [1.807, 2.05) is 24.0 Å². The maximum Gasteiger partial charge on any atom is 0.236 e. The molecule has 0 saturated carbocycles. The van der Waals surface area contributed by atoms with Crippen LogP contribution in [0.1, 0.15) is 26.1 Å². The van der Waals surface area contributed by atoms with Crippen molar-refractivity contribution in [3.63, 3.8) is 0 Å². The number of aromatic nitrogens is 3. The van der Waals surface area contributed by atoms with Crippen LogP contribution in [-0.4, -0.2) is 57.0 Å². The average molecular weight is 374 g/mol. The topological polar surface area (TPSA) is 72.9 Å². The predicted molar refractivity (Wildman–Crippen MR) is 99.5 cm³/mol. The number of aryl methyl sites for hydroxylation is 1. The number of thioether (sulfide) groups is 1. The third-order valence-corrected chi connectivity index (χ3v) is 6.03. The third kappa shape index (κ3) is 2.97. The van der Waals surface area contributed by atoms with E-state index in [9.17, 15) is 4.79 Å². The first-order valence-corrected chi connectivity index (χ1v) is 9.88. The molecule has 26 heavy (non-hydrogen) atoms.